The summed E-state index contributed by atoms with van der Waals surface area (Å²) >= 11 is 0. The lowest BCUT2D eigenvalue weighted by molar-refractivity contribution is -0.132. The average Bonchev–Trinajstić information content (AvgIpc) is 2.70. The lowest BCUT2D eigenvalue weighted by Gasteiger charge is -2.37. The summed E-state index contributed by atoms with van der Waals surface area (Å²) in [5.74, 6) is -2.02. The van der Waals surface area contributed by atoms with E-state index in [1.165, 1.54) is 19.3 Å². The largest absolute Gasteiger partial charge is 0.432 e. The van der Waals surface area contributed by atoms with E-state index in [1.807, 2.05) is 13.0 Å². The minimum absolute atomic E-state index is 0.0257. The van der Waals surface area contributed by atoms with Gasteiger partial charge in [-0.05, 0) is 64.9 Å². The fourth-order valence-electron chi connectivity index (χ4n) is 3.81. The maximum atomic E-state index is 13.1. The van der Waals surface area contributed by atoms with Crippen LogP contribution in [0.25, 0.3) is 0 Å². The fourth-order valence-corrected chi connectivity index (χ4v) is 3.81. The van der Waals surface area contributed by atoms with Gasteiger partial charge in [-0.15, -0.1) is 0 Å². The molecule has 0 aromatic heterocycles. The first-order valence-corrected chi connectivity index (χ1v) is 10.5. The number of ether oxygens (including phenoxy) is 1. The van der Waals surface area contributed by atoms with E-state index in [0.717, 1.165) is 5.57 Å². The van der Waals surface area contributed by atoms with Crippen molar-refractivity contribution in [3.63, 3.8) is 0 Å². The first-order valence-electron chi connectivity index (χ1n) is 10.5. The Hall–Kier alpha value is -2.31. The summed E-state index contributed by atoms with van der Waals surface area (Å²) in [6, 6.07) is 0. The van der Waals surface area contributed by atoms with Crippen LogP contribution in [0.15, 0.2) is 47.8 Å². The third kappa shape index (κ3) is 8.75. The van der Waals surface area contributed by atoms with Gasteiger partial charge in [0.25, 0.3) is 0 Å². The Bertz CT molecular complexity index is 789. The highest BCUT2D eigenvalue weighted by Crippen LogP contribution is 2.46. The second-order valence-corrected chi connectivity index (χ2v) is 9.40. The van der Waals surface area contributed by atoms with Crippen molar-refractivity contribution >= 4 is 17.5 Å². The second kappa shape index (κ2) is 11.3. The predicted octanol–water partition coefficient (Wildman–Crippen LogP) is 3.84. The zero-order chi connectivity index (χ0) is 23.8. The van der Waals surface area contributed by atoms with Crippen molar-refractivity contribution in [2.45, 2.75) is 66.4 Å². The maximum Gasteiger partial charge on any atom is 0.335 e. The molecule has 0 aromatic carbocycles. The molecule has 3 atom stereocenters. The van der Waals surface area contributed by atoms with Gasteiger partial charge >= 0.3 is 5.97 Å². The van der Waals surface area contributed by atoms with E-state index in [0.29, 0.717) is 18.4 Å². The summed E-state index contributed by atoms with van der Waals surface area (Å²) in [7, 11) is 0. The topological polar surface area (TPSA) is 101 Å². The molecule has 0 heterocycles. The molecular weight excluding hydrogens is 396 g/mol. The number of hydrogen-bond acceptors (Lipinski definition) is 6. The Morgan fingerprint density at radius 1 is 1.29 bits per heavy atom. The van der Waals surface area contributed by atoms with Gasteiger partial charge in [-0.25, -0.2) is 4.79 Å². The Kier molecular flexibility index (Phi) is 9.78. The molecule has 1 aliphatic rings. The third-order valence-corrected chi connectivity index (χ3v) is 5.37. The molecule has 0 aliphatic heterocycles. The van der Waals surface area contributed by atoms with Crippen LogP contribution in [0.5, 0.6) is 0 Å². The van der Waals surface area contributed by atoms with Gasteiger partial charge < -0.3 is 19.7 Å². The number of hydrogen-bond donors (Lipinski definition) is 2. The number of aliphatic hydroxyl groups excluding tert-OH is 1. The lowest BCUT2D eigenvalue weighted by Crippen LogP contribution is -2.35. The number of Topliss-reactive ketones (excluding diaryl/α,β-unsaturated/α-hetero) is 2. The molecule has 172 valence electrons. The molecule has 0 spiro atoms. The standard InChI is InChI=1S/C25H36O6/c1-17(2)14-22(28)31-13-9-21-20(15-18(3)27)23(29)19(16-26)8-12-25(21,6)11-7-10-24(4,5)30/h7-10,13-14,20-21,26,30H,11-12,15-16H2,1-6H3. The predicted molar refractivity (Wildman–Crippen MR) is 120 cm³/mol. The van der Waals surface area contributed by atoms with Gasteiger partial charge in [-0.1, -0.05) is 30.7 Å². The van der Waals surface area contributed by atoms with Crippen molar-refractivity contribution in [3.8, 4) is 0 Å². The van der Waals surface area contributed by atoms with Crippen molar-refractivity contribution in [3.05, 3.63) is 47.8 Å². The summed E-state index contributed by atoms with van der Waals surface area (Å²) in [6.07, 6.45) is 10.6. The first kappa shape index (κ1) is 26.7. The van der Waals surface area contributed by atoms with E-state index < -0.39 is 35.4 Å². The van der Waals surface area contributed by atoms with Crippen LogP contribution in [0.3, 0.4) is 0 Å². The van der Waals surface area contributed by atoms with Gasteiger partial charge in [-0.3, -0.25) is 4.79 Å². The smallest absolute Gasteiger partial charge is 0.335 e. The maximum absolute atomic E-state index is 13.1. The Morgan fingerprint density at radius 3 is 2.45 bits per heavy atom. The summed E-state index contributed by atoms with van der Waals surface area (Å²) < 4.78 is 5.17. The molecule has 1 aliphatic carbocycles. The lowest BCUT2D eigenvalue weighted by atomic mass is 9.66. The van der Waals surface area contributed by atoms with Crippen LogP contribution in [-0.2, 0) is 19.1 Å². The molecule has 6 nitrogen and oxygen atoms in total. The van der Waals surface area contributed by atoms with Crippen LogP contribution < -0.4 is 0 Å². The van der Waals surface area contributed by atoms with Gasteiger partial charge in [0.05, 0.1) is 18.5 Å². The molecule has 0 bridgehead atoms. The van der Waals surface area contributed by atoms with Gasteiger partial charge in [0.2, 0.25) is 0 Å². The van der Waals surface area contributed by atoms with E-state index in [-0.39, 0.29) is 18.0 Å². The third-order valence-electron chi connectivity index (χ3n) is 5.37. The summed E-state index contributed by atoms with van der Waals surface area (Å²) in [4.78, 5) is 36.9. The Labute approximate surface area is 185 Å². The number of carbonyl (C=O) groups excluding carboxylic acids is 3. The van der Waals surface area contributed by atoms with E-state index in [2.05, 4.69) is 0 Å². The molecule has 0 amide bonds. The molecular formula is C25H36O6. The van der Waals surface area contributed by atoms with Crippen LogP contribution in [0.1, 0.15) is 60.8 Å². The highest BCUT2D eigenvalue weighted by atomic mass is 16.5. The molecule has 0 aromatic rings. The van der Waals surface area contributed by atoms with Crippen molar-refractivity contribution < 1.29 is 29.3 Å². The van der Waals surface area contributed by atoms with Gasteiger partial charge in [0, 0.05) is 24.0 Å². The van der Waals surface area contributed by atoms with Crippen LogP contribution >= 0.6 is 0 Å². The van der Waals surface area contributed by atoms with Gasteiger partial charge in [-0.2, -0.15) is 0 Å². The molecule has 0 fully saturated rings. The molecule has 0 radical (unpaired) electrons. The van der Waals surface area contributed by atoms with E-state index in [4.69, 9.17) is 4.74 Å². The van der Waals surface area contributed by atoms with E-state index in [1.54, 1.807) is 45.9 Å². The number of ketones is 2. The van der Waals surface area contributed by atoms with E-state index in [9.17, 15) is 24.6 Å². The summed E-state index contributed by atoms with van der Waals surface area (Å²) in [5.41, 5.74) is -0.391. The van der Waals surface area contributed by atoms with Crippen molar-refractivity contribution in [1.82, 2.24) is 0 Å². The minimum Gasteiger partial charge on any atom is -0.432 e. The summed E-state index contributed by atoms with van der Waals surface area (Å²) in [5, 5.41) is 19.7. The number of esters is 1. The van der Waals surface area contributed by atoms with Crippen LogP contribution in [0.4, 0.5) is 0 Å². The molecule has 6 heteroatoms. The Morgan fingerprint density at radius 2 is 1.94 bits per heavy atom. The minimum atomic E-state index is -0.979. The second-order valence-electron chi connectivity index (χ2n) is 9.40. The number of allylic oxidation sites excluding steroid dienone is 4. The zero-order valence-electron chi connectivity index (χ0n) is 19.5. The highest BCUT2D eigenvalue weighted by Gasteiger charge is 2.43. The molecule has 3 unspecified atom stereocenters. The first-order chi connectivity index (χ1) is 14.3. The molecule has 1 rings (SSSR count). The van der Waals surface area contributed by atoms with Gasteiger partial charge in [0.15, 0.2) is 5.78 Å². The summed E-state index contributed by atoms with van der Waals surface area (Å²) in [6.45, 7) is 9.94. The van der Waals surface area contributed by atoms with Crippen molar-refractivity contribution in [1.29, 1.82) is 0 Å². The average molecular weight is 433 g/mol. The number of aliphatic hydroxyl groups is 2. The molecule has 31 heavy (non-hydrogen) atoms. The zero-order valence-corrected chi connectivity index (χ0v) is 19.5. The molecule has 2 N–H and O–H groups in total. The van der Waals surface area contributed by atoms with Gasteiger partial charge in [0.1, 0.15) is 5.78 Å². The van der Waals surface area contributed by atoms with Crippen molar-refractivity contribution in [2.24, 2.45) is 17.3 Å². The number of carbonyl (C=O) groups is 3. The molecule has 0 saturated carbocycles. The normalized spacial score (nSPS) is 24.8. The van der Waals surface area contributed by atoms with Crippen LogP contribution in [0, 0.1) is 17.3 Å². The SMILES string of the molecule is CC(=O)CC1C(=O)C(CO)=CCC(C)(CC=CC(C)(C)O)C1C=COC(=O)C=C(C)C. The quantitative estimate of drug-likeness (QED) is 0.248. The van der Waals surface area contributed by atoms with Crippen LogP contribution in [-0.4, -0.2) is 40.0 Å². The fraction of sp³-hybridized carbons (Fsp3) is 0.560. The van der Waals surface area contributed by atoms with Crippen molar-refractivity contribution in [2.75, 3.05) is 6.61 Å². The molecule has 0 saturated heterocycles. The van der Waals surface area contributed by atoms with Crippen LogP contribution in [0.2, 0.25) is 0 Å². The Balaban J connectivity index is 3.38. The number of rotatable bonds is 9. The highest BCUT2D eigenvalue weighted by molar-refractivity contribution is 6.00. The monoisotopic (exact) mass is 432 g/mol. The van der Waals surface area contributed by atoms with E-state index >= 15 is 0 Å².